The summed E-state index contributed by atoms with van der Waals surface area (Å²) >= 11 is 0. The van der Waals surface area contributed by atoms with Gasteiger partial charge in [-0.25, -0.2) is 39.9 Å². The van der Waals surface area contributed by atoms with Gasteiger partial charge < -0.3 is 88.5 Å². The largest absolute Gasteiger partial charge is 0.496 e. The van der Waals surface area contributed by atoms with Gasteiger partial charge in [-0.05, 0) is 212 Å². The van der Waals surface area contributed by atoms with Crippen molar-refractivity contribution in [1.82, 2.24) is 104 Å². The number of nitrogens with zero attached hydrogens (tertiary/aromatic N) is 17. The topological polar surface area (TPSA) is 378 Å². The SMILES string of the molecule is COc1cc(-c2cnc3[nH]cc(-c4ccc(C(=O)N(C)C)cc4)c3n2)cc2c1CN(CC1(O)CC1)CC2.COc1cc(-c2cnc3[nH]cc(-c4ccc(C(=O)N(C)C)cc4)c3n2)cc2c1CN([C@H]1CC(=O)N(C)C1)CC2.COc1cc(-c2cnc3[nH]cc(-c4ccc(C(=O)N5CC(O)C5)c(C)c4)c3n2)cc2c1CCN(C)C2.COc1cc(-c2cnc3[nH]cc(-c4ccc(C(=O)N5CC(O)C5)cc4)c3n2)cc2c1CCN(C)C2. The summed E-state index contributed by atoms with van der Waals surface area (Å²) in [6.45, 7) is 12.2. The van der Waals surface area contributed by atoms with Crippen LogP contribution >= 0.6 is 0 Å². The molecule has 3 saturated heterocycles. The number of β-amino-alcohol motifs (C(OH)–C–C–N with tert-alkyl or cyclic N) is 3. The molecule has 33 heteroatoms. The second kappa shape index (κ2) is 40.5. The molecule has 8 aromatic carbocycles. The average molecular weight is 1980 g/mol. The monoisotopic (exact) mass is 1970 g/mol. The van der Waals surface area contributed by atoms with Gasteiger partial charge in [-0.1, -0.05) is 48.5 Å². The fraction of sp³-hybridized carbons (Fsp3) is 0.325. The average Bonchev–Trinajstić information content (AvgIpc) is 1.64. The number of benzene rings is 8. The van der Waals surface area contributed by atoms with Crippen LogP contribution in [0, 0.1) is 6.92 Å². The lowest BCUT2D eigenvalue weighted by Gasteiger charge is -2.36. The molecule has 752 valence electrons. The van der Waals surface area contributed by atoms with Crippen LogP contribution in [-0.2, 0) is 56.7 Å². The molecule has 7 N–H and O–H groups in total. The van der Waals surface area contributed by atoms with Crippen molar-refractivity contribution < 1.29 is 58.2 Å². The molecule has 0 bridgehead atoms. The molecule has 15 heterocycles. The molecule has 1 saturated carbocycles. The Morgan fingerprint density at radius 3 is 1.16 bits per heavy atom. The van der Waals surface area contributed by atoms with E-state index in [9.17, 15) is 39.3 Å². The van der Waals surface area contributed by atoms with E-state index in [2.05, 4.69) is 110 Å². The maximum absolute atomic E-state index is 12.8. The molecule has 7 aliphatic heterocycles. The van der Waals surface area contributed by atoms with Gasteiger partial charge in [0.25, 0.3) is 23.6 Å². The zero-order valence-corrected chi connectivity index (χ0v) is 84.6. The Labute approximate surface area is 850 Å². The van der Waals surface area contributed by atoms with Crippen molar-refractivity contribution >= 4 is 74.2 Å². The number of H-pyrrole nitrogens is 4. The molecule has 0 spiro atoms. The first-order valence-electron chi connectivity index (χ1n) is 49.8. The van der Waals surface area contributed by atoms with Crippen LogP contribution in [-0.4, -0.2) is 316 Å². The van der Waals surface area contributed by atoms with Crippen LogP contribution < -0.4 is 18.9 Å². The van der Waals surface area contributed by atoms with Gasteiger partial charge in [0.1, 0.15) is 45.1 Å². The molecule has 16 aromatic rings. The van der Waals surface area contributed by atoms with Crippen LogP contribution in [0.15, 0.2) is 189 Å². The molecule has 147 heavy (non-hydrogen) atoms. The third-order valence-electron chi connectivity index (χ3n) is 29.7. The van der Waals surface area contributed by atoms with Crippen molar-refractivity contribution in [3.63, 3.8) is 0 Å². The zero-order chi connectivity index (χ0) is 102. The minimum Gasteiger partial charge on any atom is -0.496 e. The van der Waals surface area contributed by atoms with E-state index >= 15 is 0 Å². The number of aryl methyl sites for hydroxylation is 1. The molecule has 1 aliphatic carbocycles. The normalized spacial score (nSPS) is 16.6. The maximum atomic E-state index is 12.8. The molecule has 0 unspecified atom stereocenters. The summed E-state index contributed by atoms with van der Waals surface area (Å²) in [4.78, 5) is 131. The molecular formula is C114H119N21O12. The molecule has 5 amide bonds. The highest BCUT2D eigenvalue weighted by molar-refractivity contribution is 6.01. The van der Waals surface area contributed by atoms with Gasteiger partial charge >= 0.3 is 0 Å². The number of ether oxygens (including phenoxy) is 4. The van der Waals surface area contributed by atoms with Gasteiger partial charge in [-0.2, -0.15) is 0 Å². The first-order chi connectivity index (χ1) is 71.1. The number of hydrogen-bond acceptors (Lipinski definition) is 24. The van der Waals surface area contributed by atoms with Gasteiger partial charge in [0.05, 0.1) is 93.8 Å². The number of fused-ring (bicyclic) bond motifs is 8. The van der Waals surface area contributed by atoms with E-state index in [1.807, 2.05) is 147 Å². The number of carbonyl (C=O) groups excluding carboxylic acids is 5. The molecule has 4 fully saturated rings. The van der Waals surface area contributed by atoms with Crippen molar-refractivity contribution in [3.05, 3.63) is 261 Å². The highest BCUT2D eigenvalue weighted by Gasteiger charge is 2.43. The minimum absolute atomic E-state index is 0.0274. The van der Waals surface area contributed by atoms with Crippen LogP contribution in [0.1, 0.15) is 111 Å². The molecule has 33 nitrogen and oxygen atoms in total. The molecular weight excluding hydrogens is 1860 g/mol. The Hall–Kier alpha value is -15.5. The fourth-order valence-electron chi connectivity index (χ4n) is 21.1. The molecule has 8 aromatic heterocycles. The number of methoxy groups -OCH3 is 4. The number of amides is 5. The number of aromatic nitrogens is 12. The summed E-state index contributed by atoms with van der Waals surface area (Å²) in [5.41, 5.74) is 33.5. The predicted octanol–water partition coefficient (Wildman–Crippen LogP) is 14.0. The number of carbonyl (C=O) groups is 5. The third-order valence-corrected chi connectivity index (χ3v) is 29.7. The van der Waals surface area contributed by atoms with Gasteiger partial charge in [0, 0.05) is 242 Å². The number of aliphatic hydroxyl groups excluding tert-OH is 2. The van der Waals surface area contributed by atoms with E-state index in [0.29, 0.717) is 77.4 Å². The first kappa shape index (κ1) is 97.6. The highest BCUT2D eigenvalue weighted by Crippen LogP contribution is 2.44. The van der Waals surface area contributed by atoms with Crippen LogP contribution in [0.2, 0.25) is 0 Å². The van der Waals surface area contributed by atoms with Crippen molar-refractivity contribution in [1.29, 1.82) is 0 Å². The van der Waals surface area contributed by atoms with E-state index in [0.717, 1.165) is 244 Å². The summed E-state index contributed by atoms with van der Waals surface area (Å²) < 4.78 is 23.1. The van der Waals surface area contributed by atoms with Crippen LogP contribution in [0.4, 0.5) is 0 Å². The van der Waals surface area contributed by atoms with E-state index in [1.165, 1.54) is 44.5 Å². The van der Waals surface area contributed by atoms with Crippen LogP contribution in [0.25, 0.3) is 134 Å². The molecule has 8 aliphatic rings. The molecule has 0 radical (unpaired) electrons. The lowest BCUT2D eigenvalue weighted by Crippen LogP contribution is -2.53. The van der Waals surface area contributed by atoms with Gasteiger partial charge in [0.2, 0.25) is 5.91 Å². The predicted molar refractivity (Wildman–Crippen MR) is 563 cm³/mol. The summed E-state index contributed by atoms with van der Waals surface area (Å²) in [5.74, 6) is 3.53. The Balaban J connectivity index is 0.000000115. The van der Waals surface area contributed by atoms with Crippen molar-refractivity contribution in [2.45, 2.75) is 102 Å². The minimum atomic E-state index is -0.494. The lowest BCUT2D eigenvalue weighted by molar-refractivity contribution is -0.126. The summed E-state index contributed by atoms with van der Waals surface area (Å²) in [6, 6.07) is 45.7. The van der Waals surface area contributed by atoms with Crippen molar-refractivity contribution in [2.24, 2.45) is 0 Å². The first-order valence-corrected chi connectivity index (χ1v) is 49.8. The number of hydrogen-bond donors (Lipinski definition) is 7. The maximum Gasteiger partial charge on any atom is 0.254 e. The quantitative estimate of drug-likeness (QED) is 0.0395. The number of likely N-dealkylation sites (tertiary alicyclic amines) is 3. The van der Waals surface area contributed by atoms with Crippen molar-refractivity contribution in [3.8, 4) is 113 Å². The van der Waals surface area contributed by atoms with Gasteiger partial charge in [-0.15, -0.1) is 0 Å². The summed E-state index contributed by atoms with van der Waals surface area (Å²) in [5, 5.41) is 29.4. The number of aliphatic hydroxyl groups is 3. The van der Waals surface area contributed by atoms with Gasteiger partial charge in [-0.3, -0.25) is 33.8 Å². The Morgan fingerprint density at radius 2 is 0.782 bits per heavy atom. The second-order valence-electron chi connectivity index (χ2n) is 40.3. The smallest absolute Gasteiger partial charge is 0.254 e. The van der Waals surface area contributed by atoms with E-state index in [-0.39, 0.29) is 35.6 Å². The highest BCUT2D eigenvalue weighted by atomic mass is 16.5. The standard InChI is InChI=1S/C30H32N6O3.C29H31N5O3.C28H29N5O3.C27H27N5O3/c1-34(2)30(38)19-7-5-18(6-8-19)23-14-31-29-28(23)33-25(15-32-29)21-11-20-9-10-36(17-24(20)26(12-21)39-4)22-13-27(37)35(3)16-22;1-33(2)28(35)19-6-4-18(5-7-19)22-14-30-27-26(22)32-24(15-31-27)21-12-20-8-11-34(17-29(36)9-10-29)16-23(20)25(13-21)37-3;1-16-8-17(4-5-21(16)28(35)33-14-20(34)15-33)23-11-29-27-26(23)31-24(12-30-27)18-9-19-13-32(2)7-6-22(19)25(10-18)36-3;1-31-8-7-21-19(13-31)9-18(10-24(21)35-2)23-12-29-26-25(30-23)22(11-28-26)16-3-5-17(6-4-16)27(34)32-14-20(33)15-32/h5-8,11-12,14-15,22H,9-10,13,16-17H2,1-4H3,(H,31,32);4-7,12-15,36H,8-11,16-17H2,1-3H3,(H,30,31);4-5,8-12,20,34H,6-7,13-15H2,1-3H3,(H,29,30);3-6,9-12,20,33H,7-8,13-15H2,1-2H3,(H,28,29)/t22-;;;/m0.../s1. The van der Waals surface area contributed by atoms with E-state index in [1.54, 1.807) is 101 Å². The third kappa shape index (κ3) is 19.9. The molecule has 24 rings (SSSR count). The number of aromatic amines is 4. The van der Waals surface area contributed by atoms with E-state index in [4.69, 9.17) is 38.9 Å². The number of rotatable bonds is 19. The zero-order valence-electron chi connectivity index (χ0n) is 84.6. The summed E-state index contributed by atoms with van der Waals surface area (Å²) in [7, 11) is 20.0. The van der Waals surface area contributed by atoms with E-state index < -0.39 is 17.8 Å². The summed E-state index contributed by atoms with van der Waals surface area (Å²) in [6.07, 6.45) is 20.1. The number of nitrogens with one attached hydrogen (secondary N) is 4. The Kier molecular flexibility index (Phi) is 26.9. The molecule has 1 atom stereocenters. The lowest BCUT2D eigenvalue weighted by atomic mass is 9.94. The van der Waals surface area contributed by atoms with Crippen molar-refractivity contribution in [2.75, 3.05) is 143 Å². The number of likely N-dealkylation sites (N-methyl/N-ethyl adjacent to an activating group) is 3. The van der Waals surface area contributed by atoms with Gasteiger partial charge in [0.15, 0.2) is 22.6 Å². The Bertz CT molecular complexity index is 7760. The fourth-order valence-corrected chi connectivity index (χ4v) is 21.1. The van der Waals surface area contributed by atoms with Crippen LogP contribution in [0.3, 0.4) is 0 Å². The van der Waals surface area contributed by atoms with Crippen LogP contribution in [0.5, 0.6) is 23.0 Å². The second-order valence-corrected chi connectivity index (χ2v) is 40.3. The Morgan fingerprint density at radius 1 is 0.415 bits per heavy atom.